The van der Waals surface area contributed by atoms with Crippen molar-refractivity contribution < 1.29 is 4.52 Å². The Kier molecular flexibility index (Phi) is 6.75. The molecule has 0 aliphatic carbocycles. The van der Waals surface area contributed by atoms with Crippen molar-refractivity contribution in [1.82, 2.24) is 9.97 Å². The van der Waals surface area contributed by atoms with Gasteiger partial charge in [-0.05, 0) is 77.1 Å². The van der Waals surface area contributed by atoms with Gasteiger partial charge in [-0.3, -0.25) is 9.97 Å². The smallest absolute Gasteiger partial charge is 0.155 e. The quantitative estimate of drug-likeness (QED) is 0.178. The zero-order valence-corrected chi connectivity index (χ0v) is 28.0. The molecule has 0 bridgehead atoms. The van der Waals surface area contributed by atoms with E-state index in [0.29, 0.717) is 0 Å². The van der Waals surface area contributed by atoms with Gasteiger partial charge in [0.1, 0.15) is 0 Å². The van der Waals surface area contributed by atoms with Crippen LogP contribution in [0, 0.1) is 0 Å². The summed E-state index contributed by atoms with van der Waals surface area (Å²) in [6.07, 6.45) is 5.98. The largest absolute Gasteiger partial charge is 0.473 e. The average molecular weight is 660 g/mol. The molecule has 0 spiro atoms. The van der Waals surface area contributed by atoms with Gasteiger partial charge in [0.05, 0.1) is 36.2 Å². The predicted molar refractivity (Wildman–Crippen MR) is 207 cm³/mol. The maximum Gasteiger partial charge on any atom is 0.155 e. The molecule has 50 heavy (non-hydrogen) atoms. The lowest BCUT2D eigenvalue weighted by Gasteiger charge is -2.40. The first-order valence-electron chi connectivity index (χ1n) is 16.8. The molecule has 0 amide bonds. The van der Waals surface area contributed by atoms with Crippen LogP contribution in [-0.4, -0.2) is 15.8 Å². The van der Waals surface area contributed by atoms with E-state index in [1.807, 2.05) is 36.7 Å². The van der Waals surface area contributed by atoms with E-state index in [0.717, 1.165) is 50.4 Å². The molecule has 3 aliphatic heterocycles. The van der Waals surface area contributed by atoms with Crippen LogP contribution in [0.2, 0.25) is 0 Å². The van der Waals surface area contributed by atoms with E-state index in [-0.39, 0.29) is 0 Å². The van der Waals surface area contributed by atoms with Gasteiger partial charge in [0.15, 0.2) is 5.76 Å². The third kappa shape index (κ3) is 4.69. The number of hydrogen-bond acceptors (Lipinski definition) is 4. The van der Waals surface area contributed by atoms with Gasteiger partial charge >= 0.3 is 0 Å². The summed E-state index contributed by atoms with van der Waals surface area (Å²) in [5, 5.41) is 3.49. The Morgan fingerprint density at radius 2 is 1.16 bits per heavy atom. The zero-order chi connectivity index (χ0) is 33.0. The van der Waals surface area contributed by atoms with Gasteiger partial charge in [0.2, 0.25) is 0 Å². The van der Waals surface area contributed by atoms with Crippen molar-refractivity contribution in [1.29, 1.82) is 0 Å². The number of pyridine rings is 2. The normalized spacial score (nSPS) is 15.3. The second-order valence-electron chi connectivity index (χ2n) is 12.6. The lowest BCUT2D eigenvalue weighted by Crippen LogP contribution is -2.44. The Morgan fingerprint density at radius 1 is 0.500 bits per heavy atom. The molecule has 5 heteroatoms. The number of anilines is 1. The minimum absolute atomic E-state index is 0.932. The SMILES string of the molecule is C1=C2C(=c3ccccc3=C3c4ccccc4-c4cc(-c5cccc(-c6ccccn6)c5)ccc4N23)O[PH](c2cccc(-c3ccccn3)c2)=C1. The summed E-state index contributed by atoms with van der Waals surface area (Å²) in [6.45, 7) is 0. The van der Waals surface area contributed by atoms with Gasteiger partial charge in [0.25, 0.3) is 0 Å². The summed E-state index contributed by atoms with van der Waals surface area (Å²) >= 11 is 0. The van der Waals surface area contributed by atoms with Crippen molar-refractivity contribution in [2.45, 2.75) is 0 Å². The number of rotatable bonds is 4. The molecule has 4 nitrogen and oxygen atoms in total. The highest BCUT2D eigenvalue weighted by Gasteiger charge is 2.35. The number of fused-ring (bicyclic) bond motifs is 9. The van der Waals surface area contributed by atoms with E-state index in [2.05, 4.69) is 154 Å². The summed E-state index contributed by atoms with van der Waals surface area (Å²) in [5.41, 5.74) is 13.5. The van der Waals surface area contributed by atoms with E-state index >= 15 is 0 Å². The molecule has 5 aromatic carbocycles. The molecule has 0 N–H and O–H groups in total. The Bertz CT molecular complexity index is 2680. The van der Waals surface area contributed by atoms with Gasteiger partial charge < -0.3 is 9.42 Å². The molecular formula is C45H30N3OP. The fourth-order valence-electron chi connectivity index (χ4n) is 7.40. The van der Waals surface area contributed by atoms with Crippen LogP contribution in [-0.2, 0) is 4.52 Å². The second kappa shape index (κ2) is 11.7. The molecule has 3 aliphatic rings. The van der Waals surface area contributed by atoms with Gasteiger partial charge in [-0.15, -0.1) is 0 Å². The number of allylic oxidation sites excluding steroid dienone is 1. The van der Waals surface area contributed by atoms with E-state index in [4.69, 9.17) is 4.52 Å². The molecule has 0 fully saturated rings. The summed E-state index contributed by atoms with van der Waals surface area (Å²) in [4.78, 5) is 11.6. The molecule has 0 saturated heterocycles. The highest BCUT2D eigenvalue weighted by molar-refractivity contribution is 7.61. The first kappa shape index (κ1) is 28.8. The standard InChI is InChI=1S/C45H30N3OP/c1-2-16-36-35(15-1)39-29-31(30-11-9-12-32(27-30)40-19-5-7-24-46-40)21-22-42(39)48-43-23-26-50(49-45(43)38-18-4-3-17-37(38)44(36)48)34-14-10-13-33(28-34)41-20-6-8-25-47-41/h1-29,50H. The Hall–Kier alpha value is -6.22. The van der Waals surface area contributed by atoms with Crippen LogP contribution in [0.25, 0.3) is 56.2 Å². The Morgan fingerprint density at radius 3 is 1.94 bits per heavy atom. The van der Waals surface area contributed by atoms with Crippen molar-refractivity contribution in [2.75, 3.05) is 4.90 Å². The zero-order valence-electron chi connectivity index (χ0n) is 27.0. The lowest BCUT2D eigenvalue weighted by molar-refractivity contribution is 0.578. The number of aromatic nitrogens is 2. The van der Waals surface area contributed by atoms with Gasteiger partial charge in [-0.2, -0.15) is 0 Å². The topological polar surface area (TPSA) is 38.2 Å². The third-order valence-corrected chi connectivity index (χ3v) is 11.5. The van der Waals surface area contributed by atoms with Crippen molar-refractivity contribution in [3.8, 4) is 44.8 Å². The highest BCUT2D eigenvalue weighted by Crippen LogP contribution is 2.50. The van der Waals surface area contributed by atoms with E-state index in [9.17, 15) is 0 Å². The minimum atomic E-state index is -1.52. The van der Waals surface area contributed by atoms with E-state index in [1.54, 1.807) is 0 Å². The average Bonchev–Trinajstić information content (AvgIpc) is 3.21. The molecule has 2 aromatic heterocycles. The van der Waals surface area contributed by atoms with Gasteiger partial charge in [-0.1, -0.05) is 103 Å². The van der Waals surface area contributed by atoms with Crippen molar-refractivity contribution in [3.05, 3.63) is 192 Å². The maximum atomic E-state index is 7.11. The second-order valence-corrected chi connectivity index (χ2v) is 14.5. The highest BCUT2D eigenvalue weighted by atomic mass is 31.1. The van der Waals surface area contributed by atoms with Gasteiger partial charge in [-0.25, -0.2) is 0 Å². The fourth-order valence-corrected chi connectivity index (χ4v) is 9.08. The summed E-state index contributed by atoms with van der Waals surface area (Å²) in [6, 6.07) is 53.7. The molecule has 0 saturated carbocycles. The Balaban J connectivity index is 1.14. The van der Waals surface area contributed by atoms with Crippen LogP contribution in [0.3, 0.4) is 0 Å². The van der Waals surface area contributed by atoms with Crippen molar-refractivity contribution in [2.24, 2.45) is 0 Å². The fraction of sp³-hybridized carbons (Fsp3) is 0. The summed E-state index contributed by atoms with van der Waals surface area (Å²) in [7, 11) is -1.52. The van der Waals surface area contributed by atoms with E-state index in [1.165, 1.54) is 38.5 Å². The number of benzene rings is 5. The number of hydrogen-bond donors (Lipinski definition) is 0. The lowest BCUT2D eigenvalue weighted by atomic mass is 9.86. The molecule has 1 atom stereocenters. The van der Waals surface area contributed by atoms with Crippen LogP contribution in [0.4, 0.5) is 5.69 Å². The molecule has 10 rings (SSSR count). The monoisotopic (exact) mass is 659 g/mol. The predicted octanol–water partition coefficient (Wildman–Crippen LogP) is 8.41. The minimum Gasteiger partial charge on any atom is -0.473 e. The summed E-state index contributed by atoms with van der Waals surface area (Å²) in [5.74, 6) is 3.21. The molecule has 7 aromatic rings. The molecule has 5 heterocycles. The van der Waals surface area contributed by atoms with Crippen molar-refractivity contribution in [3.63, 3.8) is 0 Å². The summed E-state index contributed by atoms with van der Waals surface area (Å²) < 4.78 is 7.11. The third-order valence-electron chi connectivity index (χ3n) is 9.70. The van der Waals surface area contributed by atoms with Crippen LogP contribution >= 0.6 is 7.77 Å². The van der Waals surface area contributed by atoms with Crippen LogP contribution in [0.5, 0.6) is 0 Å². The van der Waals surface area contributed by atoms with Crippen molar-refractivity contribution >= 4 is 36.0 Å². The molecule has 0 radical (unpaired) electrons. The number of nitrogens with zero attached hydrogens (tertiary/aromatic N) is 3. The van der Waals surface area contributed by atoms with Gasteiger partial charge in [0, 0.05) is 50.4 Å². The van der Waals surface area contributed by atoms with Crippen LogP contribution in [0.1, 0.15) is 5.56 Å². The first-order valence-corrected chi connectivity index (χ1v) is 18.3. The molecular weight excluding hydrogens is 629 g/mol. The maximum absolute atomic E-state index is 7.11. The molecule has 1 unspecified atom stereocenters. The van der Waals surface area contributed by atoms with E-state index < -0.39 is 7.77 Å². The molecule has 236 valence electrons. The van der Waals surface area contributed by atoms with Crippen LogP contribution < -0.4 is 20.6 Å². The van der Waals surface area contributed by atoms with Crippen LogP contribution in [0.15, 0.2) is 176 Å². The first-order chi connectivity index (χ1) is 24.8. The Labute approximate surface area is 291 Å².